The van der Waals surface area contributed by atoms with E-state index in [0.29, 0.717) is 32.8 Å². The van der Waals surface area contributed by atoms with Crippen molar-refractivity contribution in [2.24, 2.45) is 10.8 Å². The van der Waals surface area contributed by atoms with Gasteiger partial charge in [0.15, 0.2) is 5.76 Å². The van der Waals surface area contributed by atoms with E-state index in [-0.39, 0.29) is 17.9 Å². The van der Waals surface area contributed by atoms with Gasteiger partial charge in [-0.05, 0) is 42.5 Å². The van der Waals surface area contributed by atoms with Crippen molar-refractivity contribution in [1.29, 1.82) is 0 Å². The Labute approximate surface area is 208 Å². The molecule has 0 aliphatic heterocycles. The molecule has 0 bridgehead atoms. The number of hydrogen-bond acceptors (Lipinski definition) is 5. The summed E-state index contributed by atoms with van der Waals surface area (Å²) < 4.78 is 8.99. The summed E-state index contributed by atoms with van der Waals surface area (Å²) in [5.74, 6) is 0.174. The van der Waals surface area contributed by atoms with Gasteiger partial charge in [-0.3, -0.25) is 9.59 Å². The summed E-state index contributed by atoms with van der Waals surface area (Å²) in [4.78, 5) is 29.8. The monoisotopic (exact) mass is 495 g/mol. The van der Waals surface area contributed by atoms with E-state index in [0.717, 1.165) is 16.3 Å². The second-order valence-corrected chi connectivity index (χ2v) is 8.74. The molecule has 9 heteroatoms. The van der Waals surface area contributed by atoms with Crippen LogP contribution in [0.15, 0.2) is 93.3 Å². The minimum absolute atomic E-state index is 0.0264. The molecule has 3 heterocycles. The molecule has 0 fully saturated rings. The minimum Gasteiger partial charge on any atom is -0.453 e. The van der Waals surface area contributed by atoms with Crippen LogP contribution in [0.5, 0.6) is 0 Å². The fourth-order valence-corrected chi connectivity index (χ4v) is 4.49. The number of amides is 1. The molecule has 6 rings (SSSR count). The molecule has 1 amide bonds. The van der Waals surface area contributed by atoms with E-state index in [9.17, 15) is 9.59 Å². The van der Waals surface area contributed by atoms with Crippen LogP contribution in [0.1, 0.15) is 5.56 Å². The minimum atomic E-state index is -0.457. The van der Waals surface area contributed by atoms with Gasteiger partial charge in [-0.2, -0.15) is 9.78 Å². The lowest BCUT2D eigenvalue weighted by Crippen LogP contribution is -2.20. The molecule has 8 nitrogen and oxygen atoms in total. The number of fused-ring (bicyclic) bond motifs is 3. The van der Waals surface area contributed by atoms with Crippen LogP contribution in [-0.4, -0.2) is 26.3 Å². The molecule has 0 aliphatic rings. The van der Waals surface area contributed by atoms with Crippen molar-refractivity contribution in [2.45, 2.75) is 6.54 Å². The van der Waals surface area contributed by atoms with Crippen LogP contribution in [0.3, 0.4) is 0 Å². The van der Waals surface area contributed by atoms with Gasteiger partial charge in [-0.15, -0.1) is 0 Å². The van der Waals surface area contributed by atoms with E-state index in [4.69, 9.17) is 26.7 Å². The molecule has 36 heavy (non-hydrogen) atoms. The number of nitrogens with two attached hydrogens (primary N) is 1. The Balaban J connectivity index is 1.55. The number of primary amides is 1. The topological polar surface area (TPSA) is 108 Å². The maximum absolute atomic E-state index is 13.5. The first-order valence-corrected chi connectivity index (χ1v) is 11.5. The molecule has 2 N–H and O–H groups in total. The van der Waals surface area contributed by atoms with Gasteiger partial charge in [-0.1, -0.05) is 41.9 Å². The molecule has 0 unspecified atom stereocenters. The number of carbonyl (C=O) groups is 1. The van der Waals surface area contributed by atoms with Crippen molar-refractivity contribution in [1.82, 2.24) is 14.2 Å². The van der Waals surface area contributed by atoms with Gasteiger partial charge in [0.05, 0.1) is 17.1 Å². The standard InChI is InChI=1S/C27H18ClN5O3/c28-18-9-10-23-16(11-18)12-24(36-23)26-31-21-7-3-1-6-20(21)27(35)33(26)30-13-17-14-32(15-25(29)34)22-8-4-2-5-19(17)22/h1-14H,15H2,(H2,29,34). The van der Waals surface area contributed by atoms with Gasteiger partial charge in [0.25, 0.3) is 5.56 Å². The molecule has 6 aromatic rings. The van der Waals surface area contributed by atoms with Crippen molar-refractivity contribution in [3.05, 3.63) is 99.9 Å². The second-order valence-electron chi connectivity index (χ2n) is 8.30. The van der Waals surface area contributed by atoms with Gasteiger partial charge in [-0.25, -0.2) is 4.98 Å². The summed E-state index contributed by atoms with van der Waals surface area (Å²) in [7, 11) is 0. The van der Waals surface area contributed by atoms with Crippen molar-refractivity contribution in [2.75, 3.05) is 0 Å². The lowest BCUT2D eigenvalue weighted by molar-refractivity contribution is -0.118. The molecular formula is C27H18ClN5O3. The maximum Gasteiger partial charge on any atom is 0.282 e. The highest BCUT2D eigenvalue weighted by molar-refractivity contribution is 6.31. The van der Waals surface area contributed by atoms with Crippen LogP contribution in [-0.2, 0) is 11.3 Å². The third-order valence-electron chi connectivity index (χ3n) is 5.91. The number of nitrogens with zero attached hydrogens (tertiary/aromatic N) is 4. The number of carbonyl (C=O) groups excluding carboxylic acids is 1. The summed E-state index contributed by atoms with van der Waals surface area (Å²) in [5, 5.41) is 7.18. The molecule has 176 valence electrons. The maximum atomic E-state index is 13.5. The zero-order chi connectivity index (χ0) is 24.8. The molecule has 3 aromatic heterocycles. The van der Waals surface area contributed by atoms with E-state index < -0.39 is 5.91 Å². The highest BCUT2D eigenvalue weighted by atomic mass is 35.5. The van der Waals surface area contributed by atoms with Gasteiger partial charge in [0.1, 0.15) is 12.1 Å². The molecule has 0 saturated heterocycles. The fraction of sp³-hybridized carbons (Fsp3) is 0.0370. The third kappa shape index (κ3) is 3.73. The molecule has 0 atom stereocenters. The summed E-state index contributed by atoms with van der Waals surface area (Å²) in [6.07, 6.45) is 3.35. The first-order chi connectivity index (χ1) is 17.5. The quantitative estimate of drug-likeness (QED) is 0.347. The Morgan fingerprint density at radius 2 is 1.83 bits per heavy atom. The Hall–Kier alpha value is -4.69. The number of hydrogen-bond donors (Lipinski definition) is 1. The van der Waals surface area contributed by atoms with Gasteiger partial charge >= 0.3 is 0 Å². The fourth-order valence-electron chi connectivity index (χ4n) is 4.31. The summed E-state index contributed by atoms with van der Waals surface area (Å²) >= 11 is 6.14. The van der Waals surface area contributed by atoms with Crippen molar-refractivity contribution < 1.29 is 9.21 Å². The van der Waals surface area contributed by atoms with Crippen LogP contribution in [0.25, 0.3) is 44.4 Å². The van der Waals surface area contributed by atoms with Gasteiger partial charge in [0, 0.05) is 33.1 Å². The van der Waals surface area contributed by atoms with Gasteiger partial charge < -0.3 is 14.7 Å². The van der Waals surface area contributed by atoms with Crippen LogP contribution >= 0.6 is 11.6 Å². The predicted molar refractivity (Wildman–Crippen MR) is 140 cm³/mol. The molecule has 3 aromatic carbocycles. The molecule has 0 spiro atoms. The van der Waals surface area contributed by atoms with E-state index >= 15 is 0 Å². The Morgan fingerprint density at radius 1 is 1.06 bits per heavy atom. The summed E-state index contributed by atoms with van der Waals surface area (Å²) in [5.41, 5.74) is 7.77. The Morgan fingerprint density at radius 3 is 2.67 bits per heavy atom. The Kier molecular flexibility index (Phi) is 5.16. The SMILES string of the molecule is NC(=O)Cn1cc(C=Nn2c(-c3cc4cc(Cl)ccc4o3)nc3ccccc3c2=O)c2ccccc21. The lowest BCUT2D eigenvalue weighted by Gasteiger charge is -2.07. The highest BCUT2D eigenvalue weighted by Crippen LogP contribution is 2.29. The van der Waals surface area contributed by atoms with Crippen molar-refractivity contribution >= 4 is 56.5 Å². The molecule has 0 radical (unpaired) electrons. The van der Waals surface area contributed by atoms with Crippen LogP contribution < -0.4 is 11.3 Å². The Bertz CT molecular complexity index is 1900. The average molecular weight is 496 g/mol. The second kappa shape index (κ2) is 8.51. The smallest absolute Gasteiger partial charge is 0.282 e. The predicted octanol–water partition coefficient (Wildman–Crippen LogP) is 4.79. The number of furan rings is 1. The molecular weight excluding hydrogens is 478 g/mol. The normalized spacial score (nSPS) is 11.8. The van der Waals surface area contributed by atoms with E-state index in [1.807, 2.05) is 30.3 Å². The highest BCUT2D eigenvalue weighted by Gasteiger charge is 2.17. The van der Waals surface area contributed by atoms with Crippen LogP contribution in [0, 0.1) is 0 Å². The summed E-state index contributed by atoms with van der Waals surface area (Å²) in [6.45, 7) is 0.0264. The number of halogens is 1. The number of rotatable bonds is 5. The number of aromatic nitrogens is 3. The first kappa shape index (κ1) is 21.8. The van der Waals surface area contributed by atoms with Crippen molar-refractivity contribution in [3.8, 4) is 11.6 Å². The number of benzene rings is 3. The zero-order valence-electron chi connectivity index (χ0n) is 18.8. The average Bonchev–Trinajstić information content (AvgIpc) is 3.44. The molecule has 0 saturated carbocycles. The third-order valence-corrected chi connectivity index (χ3v) is 6.15. The van der Waals surface area contributed by atoms with Crippen LogP contribution in [0.2, 0.25) is 5.02 Å². The zero-order valence-corrected chi connectivity index (χ0v) is 19.5. The first-order valence-electron chi connectivity index (χ1n) is 11.1. The van der Waals surface area contributed by atoms with E-state index in [1.54, 1.807) is 59.4 Å². The van der Waals surface area contributed by atoms with E-state index in [2.05, 4.69) is 5.10 Å². The number of para-hydroxylation sites is 2. The van der Waals surface area contributed by atoms with Crippen molar-refractivity contribution in [3.63, 3.8) is 0 Å². The lowest BCUT2D eigenvalue weighted by atomic mass is 10.2. The largest absolute Gasteiger partial charge is 0.453 e. The van der Waals surface area contributed by atoms with Crippen LogP contribution in [0.4, 0.5) is 0 Å². The van der Waals surface area contributed by atoms with Gasteiger partial charge in [0.2, 0.25) is 11.7 Å². The van der Waals surface area contributed by atoms with E-state index in [1.165, 1.54) is 4.68 Å². The summed E-state index contributed by atoms with van der Waals surface area (Å²) in [6, 6.07) is 21.7. The molecule has 0 aliphatic carbocycles.